The van der Waals surface area contributed by atoms with Crippen molar-refractivity contribution < 1.29 is 23.9 Å². The van der Waals surface area contributed by atoms with Crippen LogP contribution in [-0.4, -0.2) is 24.5 Å². The number of hydrogen-bond acceptors (Lipinski definition) is 5. The Morgan fingerprint density at radius 1 is 0.946 bits per heavy atom. The second-order valence-corrected chi connectivity index (χ2v) is 9.28. The van der Waals surface area contributed by atoms with Crippen molar-refractivity contribution >= 4 is 64.4 Å². The molecule has 1 N–H and O–H groups in total. The van der Waals surface area contributed by atoms with E-state index in [0.717, 1.165) is 10.5 Å². The first-order valence-electron chi connectivity index (χ1n) is 11.2. The molecule has 0 aromatic heterocycles. The lowest BCUT2D eigenvalue weighted by atomic mass is 10.1. The van der Waals surface area contributed by atoms with E-state index in [-0.39, 0.29) is 28.6 Å². The van der Waals surface area contributed by atoms with Gasteiger partial charge in [0.25, 0.3) is 11.8 Å². The van der Waals surface area contributed by atoms with E-state index >= 15 is 0 Å². The summed E-state index contributed by atoms with van der Waals surface area (Å²) in [5.41, 5.74) is 1.80. The van der Waals surface area contributed by atoms with E-state index < -0.39 is 17.8 Å². The lowest BCUT2D eigenvalue weighted by molar-refractivity contribution is -0.122. The van der Waals surface area contributed by atoms with E-state index in [0.29, 0.717) is 33.5 Å². The number of aryl methyl sites for hydroxylation is 1. The van der Waals surface area contributed by atoms with Crippen molar-refractivity contribution in [3.8, 4) is 11.5 Å². The Morgan fingerprint density at radius 3 is 2.43 bits per heavy atom. The van der Waals surface area contributed by atoms with Gasteiger partial charge in [-0.15, -0.1) is 0 Å². The molecule has 0 bridgehead atoms. The standard InChI is InChI=1S/C27H21Cl3N2O5/c1-3-36-23-12-16(11-21(30)24(23)37-14-17-6-4-5-7-20(17)29)10-19-25(33)31-27(35)32(26(19)34)22-13-18(28)9-8-15(22)2/h4-13H,3,14H2,1-2H3,(H,31,33,35)/b19-10+. The number of imide groups is 2. The molecule has 10 heteroatoms. The Labute approximate surface area is 228 Å². The highest BCUT2D eigenvalue weighted by Crippen LogP contribution is 2.38. The topological polar surface area (TPSA) is 84.9 Å². The van der Waals surface area contributed by atoms with Crippen molar-refractivity contribution in [1.82, 2.24) is 5.32 Å². The number of nitrogens with zero attached hydrogens (tertiary/aromatic N) is 1. The van der Waals surface area contributed by atoms with Crippen LogP contribution in [0.5, 0.6) is 11.5 Å². The summed E-state index contributed by atoms with van der Waals surface area (Å²) in [5, 5.41) is 3.29. The molecular formula is C27H21Cl3N2O5. The van der Waals surface area contributed by atoms with Gasteiger partial charge >= 0.3 is 6.03 Å². The summed E-state index contributed by atoms with van der Waals surface area (Å²) in [6, 6.07) is 14.3. The normalized spacial score (nSPS) is 14.7. The number of carbonyl (C=O) groups excluding carboxylic acids is 3. The van der Waals surface area contributed by atoms with Crippen molar-refractivity contribution in [3.63, 3.8) is 0 Å². The molecule has 0 aliphatic carbocycles. The van der Waals surface area contributed by atoms with Crippen LogP contribution in [0.2, 0.25) is 15.1 Å². The first-order chi connectivity index (χ1) is 17.7. The van der Waals surface area contributed by atoms with Crippen LogP contribution in [0.1, 0.15) is 23.6 Å². The van der Waals surface area contributed by atoms with Gasteiger partial charge in [-0.05, 0) is 61.4 Å². The molecule has 0 atom stereocenters. The summed E-state index contributed by atoms with van der Waals surface area (Å²) in [4.78, 5) is 39.4. The minimum absolute atomic E-state index is 0.150. The highest BCUT2D eigenvalue weighted by atomic mass is 35.5. The number of hydrogen-bond donors (Lipinski definition) is 1. The molecule has 0 radical (unpaired) electrons. The van der Waals surface area contributed by atoms with Gasteiger partial charge in [0.05, 0.1) is 17.3 Å². The average Bonchev–Trinajstić information content (AvgIpc) is 2.84. The van der Waals surface area contributed by atoms with E-state index in [1.165, 1.54) is 18.2 Å². The van der Waals surface area contributed by atoms with Crippen LogP contribution in [0.3, 0.4) is 0 Å². The lowest BCUT2D eigenvalue weighted by Crippen LogP contribution is -2.54. The number of ether oxygens (including phenoxy) is 2. The van der Waals surface area contributed by atoms with Crippen LogP contribution in [0, 0.1) is 6.92 Å². The average molecular weight is 560 g/mol. The highest BCUT2D eigenvalue weighted by molar-refractivity contribution is 6.40. The molecule has 0 unspecified atom stereocenters. The van der Waals surface area contributed by atoms with E-state index in [4.69, 9.17) is 44.3 Å². The Kier molecular flexibility index (Phi) is 8.07. The van der Waals surface area contributed by atoms with Crippen molar-refractivity contribution in [1.29, 1.82) is 0 Å². The number of benzene rings is 3. The highest BCUT2D eigenvalue weighted by Gasteiger charge is 2.37. The summed E-state index contributed by atoms with van der Waals surface area (Å²) in [6.07, 6.45) is 1.34. The summed E-state index contributed by atoms with van der Waals surface area (Å²) >= 11 is 18.8. The largest absolute Gasteiger partial charge is 0.490 e. The number of nitrogens with one attached hydrogen (secondary N) is 1. The Hall–Kier alpha value is -3.52. The van der Waals surface area contributed by atoms with Crippen molar-refractivity contribution in [2.24, 2.45) is 0 Å². The molecule has 7 nitrogen and oxygen atoms in total. The first-order valence-corrected chi connectivity index (χ1v) is 12.3. The Bertz CT molecular complexity index is 1440. The van der Waals surface area contributed by atoms with Gasteiger partial charge in [-0.2, -0.15) is 0 Å². The van der Waals surface area contributed by atoms with Crippen molar-refractivity contribution in [2.75, 3.05) is 11.5 Å². The minimum atomic E-state index is -0.867. The SMILES string of the molecule is CCOc1cc(/C=C2\C(=O)NC(=O)N(c3cc(Cl)ccc3C)C2=O)cc(Cl)c1OCc1ccccc1Cl. The molecule has 0 spiro atoms. The summed E-state index contributed by atoms with van der Waals surface area (Å²) < 4.78 is 11.6. The molecule has 190 valence electrons. The predicted octanol–water partition coefficient (Wildman–Crippen LogP) is 6.60. The van der Waals surface area contributed by atoms with Gasteiger partial charge in [0.1, 0.15) is 12.2 Å². The third-order valence-corrected chi connectivity index (χ3v) is 6.37. The van der Waals surface area contributed by atoms with Crippen LogP contribution >= 0.6 is 34.8 Å². The molecule has 4 amide bonds. The van der Waals surface area contributed by atoms with Crippen LogP contribution in [0.15, 0.2) is 60.2 Å². The van der Waals surface area contributed by atoms with E-state index in [9.17, 15) is 14.4 Å². The zero-order chi connectivity index (χ0) is 26.7. The summed E-state index contributed by atoms with van der Waals surface area (Å²) in [6.45, 7) is 3.98. The molecule has 0 saturated carbocycles. The Morgan fingerprint density at radius 2 is 1.70 bits per heavy atom. The zero-order valence-corrected chi connectivity index (χ0v) is 22.1. The lowest BCUT2D eigenvalue weighted by Gasteiger charge is -2.27. The molecule has 3 aromatic carbocycles. The maximum atomic E-state index is 13.3. The first kappa shape index (κ1) is 26.5. The molecule has 4 rings (SSSR count). The molecule has 1 aliphatic rings. The van der Waals surface area contributed by atoms with E-state index in [2.05, 4.69) is 5.32 Å². The molecular weight excluding hydrogens is 539 g/mol. The fourth-order valence-electron chi connectivity index (χ4n) is 3.71. The number of rotatable bonds is 7. The number of barbiturate groups is 1. The smallest absolute Gasteiger partial charge is 0.335 e. The number of carbonyl (C=O) groups is 3. The van der Waals surface area contributed by atoms with Crippen LogP contribution in [0.4, 0.5) is 10.5 Å². The molecule has 1 fully saturated rings. The predicted molar refractivity (Wildman–Crippen MR) is 144 cm³/mol. The number of anilines is 1. The number of halogens is 3. The van der Waals surface area contributed by atoms with Gasteiger partial charge in [0.15, 0.2) is 11.5 Å². The van der Waals surface area contributed by atoms with Gasteiger partial charge < -0.3 is 9.47 Å². The van der Waals surface area contributed by atoms with Crippen molar-refractivity contribution in [3.05, 3.63) is 91.9 Å². The molecule has 37 heavy (non-hydrogen) atoms. The second kappa shape index (κ2) is 11.3. The summed E-state index contributed by atoms with van der Waals surface area (Å²) in [5.74, 6) is -1.03. The second-order valence-electron chi connectivity index (χ2n) is 8.03. The Balaban J connectivity index is 1.69. The summed E-state index contributed by atoms with van der Waals surface area (Å²) in [7, 11) is 0. The molecule has 1 saturated heterocycles. The van der Waals surface area contributed by atoms with Gasteiger partial charge in [-0.3, -0.25) is 14.9 Å². The third kappa shape index (κ3) is 5.74. The maximum absolute atomic E-state index is 13.3. The van der Waals surface area contributed by atoms with E-state index in [1.807, 2.05) is 18.2 Å². The third-order valence-electron chi connectivity index (χ3n) is 5.49. The van der Waals surface area contributed by atoms with Crippen molar-refractivity contribution in [2.45, 2.75) is 20.5 Å². The zero-order valence-electron chi connectivity index (χ0n) is 19.8. The van der Waals surface area contributed by atoms with Crippen LogP contribution < -0.4 is 19.7 Å². The quantitative estimate of drug-likeness (QED) is 0.260. The monoisotopic (exact) mass is 558 g/mol. The van der Waals surface area contributed by atoms with Gasteiger partial charge in [-0.25, -0.2) is 9.69 Å². The number of urea groups is 1. The van der Waals surface area contributed by atoms with Gasteiger partial charge in [0, 0.05) is 15.6 Å². The fourth-order valence-corrected chi connectivity index (χ4v) is 4.34. The molecule has 1 aliphatic heterocycles. The van der Waals surface area contributed by atoms with Gasteiger partial charge in [0.2, 0.25) is 0 Å². The fraction of sp³-hybridized carbons (Fsp3) is 0.148. The molecule has 1 heterocycles. The van der Waals surface area contributed by atoms with Gasteiger partial charge in [-0.1, -0.05) is 59.1 Å². The van der Waals surface area contributed by atoms with E-state index in [1.54, 1.807) is 38.1 Å². The minimum Gasteiger partial charge on any atom is -0.490 e. The van der Waals surface area contributed by atoms with Crippen LogP contribution in [0.25, 0.3) is 6.08 Å². The number of amides is 4. The maximum Gasteiger partial charge on any atom is 0.335 e. The van der Waals surface area contributed by atoms with Crippen LogP contribution in [-0.2, 0) is 16.2 Å². The molecule has 3 aromatic rings.